The molecular weight excluding hydrogens is 585 g/mol. The maximum atomic E-state index is 6.41. The van der Waals surface area contributed by atoms with Crippen LogP contribution in [0.4, 0.5) is 5.69 Å². The van der Waals surface area contributed by atoms with Gasteiger partial charge in [-0.15, -0.1) is 0 Å². The van der Waals surface area contributed by atoms with Crippen molar-refractivity contribution in [1.82, 2.24) is 0 Å². The summed E-state index contributed by atoms with van der Waals surface area (Å²) in [7, 11) is 4.78. The summed E-state index contributed by atoms with van der Waals surface area (Å²) >= 11 is 3.22. The first-order valence-electron chi connectivity index (χ1n) is 14.4. The van der Waals surface area contributed by atoms with Crippen LogP contribution in [-0.4, -0.2) is 21.3 Å². The van der Waals surface area contributed by atoms with Gasteiger partial charge in [-0.2, -0.15) is 0 Å². The fourth-order valence-corrected chi connectivity index (χ4v) is 6.77. The molecule has 7 heteroatoms. The van der Waals surface area contributed by atoms with Crippen molar-refractivity contribution in [3.63, 3.8) is 0 Å². The second-order valence-electron chi connectivity index (χ2n) is 10.3. The van der Waals surface area contributed by atoms with E-state index in [9.17, 15) is 0 Å². The number of allylic oxidation sites excluding steroid dienone is 3. The minimum atomic E-state index is 0.342. The smallest absolute Gasteiger partial charge is 0.203 e. The molecule has 1 atom stereocenters. The number of anilines is 1. The molecule has 1 heterocycles. The van der Waals surface area contributed by atoms with Gasteiger partial charge >= 0.3 is 0 Å². The first kappa shape index (κ1) is 32.8. The lowest BCUT2D eigenvalue weighted by Gasteiger charge is -2.17. The Morgan fingerprint density at radius 2 is 1.75 bits per heavy atom. The Morgan fingerprint density at radius 3 is 2.41 bits per heavy atom. The molecule has 0 bridgehead atoms. The molecule has 0 radical (unpaired) electrons. The Bertz CT molecular complexity index is 1600. The molecule has 0 spiro atoms. The van der Waals surface area contributed by atoms with Crippen LogP contribution < -0.4 is 25.3 Å². The normalized spacial score (nSPS) is 14.0. The number of methoxy groups -OCH3 is 3. The average molecular weight is 625 g/mol. The number of ether oxygens (including phenoxy) is 3. The monoisotopic (exact) mass is 624 g/mol. The molecule has 0 fully saturated rings. The summed E-state index contributed by atoms with van der Waals surface area (Å²) in [5.74, 6) is 8.65. The number of nitrogens with two attached hydrogens (primary N) is 1. The Balaban J connectivity index is 1.44. The summed E-state index contributed by atoms with van der Waals surface area (Å²) in [6.45, 7) is 8.43. The molecule has 0 saturated heterocycles. The van der Waals surface area contributed by atoms with Crippen LogP contribution >= 0.6 is 23.5 Å². The molecule has 44 heavy (non-hydrogen) atoms. The van der Waals surface area contributed by atoms with Gasteiger partial charge in [0.2, 0.25) is 5.75 Å². The molecule has 0 amide bonds. The van der Waals surface area contributed by atoms with Gasteiger partial charge in [0, 0.05) is 45.3 Å². The van der Waals surface area contributed by atoms with E-state index in [4.69, 9.17) is 19.9 Å². The molecule has 1 aliphatic heterocycles. The second-order valence-corrected chi connectivity index (χ2v) is 12.4. The summed E-state index contributed by atoms with van der Waals surface area (Å²) in [4.78, 5) is 2.11. The van der Waals surface area contributed by atoms with Crippen molar-refractivity contribution in [2.45, 2.75) is 39.0 Å². The lowest BCUT2D eigenvalue weighted by molar-refractivity contribution is 0.324. The fraction of sp³-hybridized carbons (Fsp3) is 0.243. The Morgan fingerprint density at radius 1 is 1.02 bits per heavy atom. The maximum absolute atomic E-state index is 6.41. The van der Waals surface area contributed by atoms with Crippen LogP contribution in [0.5, 0.6) is 17.2 Å². The van der Waals surface area contributed by atoms with Crippen LogP contribution in [0.25, 0.3) is 5.57 Å². The number of hydrogen-bond acceptors (Lipinski definition) is 7. The van der Waals surface area contributed by atoms with E-state index in [2.05, 4.69) is 66.4 Å². The van der Waals surface area contributed by atoms with Crippen molar-refractivity contribution in [3.05, 3.63) is 122 Å². The zero-order valence-corrected chi connectivity index (χ0v) is 27.7. The summed E-state index contributed by atoms with van der Waals surface area (Å²) in [5, 5.41) is 6.35. The van der Waals surface area contributed by atoms with E-state index in [0.29, 0.717) is 23.2 Å². The summed E-state index contributed by atoms with van der Waals surface area (Å²) in [6.07, 6.45) is 4.95. The van der Waals surface area contributed by atoms with Crippen molar-refractivity contribution in [2.75, 3.05) is 26.6 Å². The van der Waals surface area contributed by atoms with E-state index in [1.807, 2.05) is 49.4 Å². The number of nitrogens with one attached hydrogen (secondary N) is 1. The molecule has 0 aliphatic carbocycles. The predicted molar refractivity (Wildman–Crippen MR) is 189 cm³/mol. The number of hydrogen-bond donors (Lipinski definition) is 2. The standard InChI is InChI=1S/C37H40N2O3S2/c1-25(13-10-16-28-14-8-7-9-15-28)29-17-11-18-30(21-29)31-19-12-20-35(43-24-31)37(26(2)38)44-27(3)39-32-22-33(40-4)36(42-6)34(23-32)41-5/h7-9,11,14-15,17-18,20-25,39H,3,12-13,19,38H2,1-2,4-6H3/b37-26+/t25-/m0/s1. The van der Waals surface area contributed by atoms with Crippen LogP contribution in [0.15, 0.2) is 105 Å². The zero-order valence-electron chi connectivity index (χ0n) is 26.0. The Hall–Kier alpha value is -4.12. The molecule has 0 saturated carbocycles. The third-order valence-electron chi connectivity index (χ3n) is 7.07. The average Bonchev–Trinajstić information content (AvgIpc) is 3.29. The predicted octanol–water partition coefficient (Wildman–Crippen LogP) is 9.52. The highest BCUT2D eigenvalue weighted by Crippen LogP contribution is 2.44. The van der Waals surface area contributed by atoms with E-state index in [-0.39, 0.29) is 0 Å². The van der Waals surface area contributed by atoms with Crippen LogP contribution in [0.1, 0.15) is 55.7 Å². The topological polar surface area (TPSA) is 65.7 Å². The zero-order chi connectivity index (χ0) is 31.5. The molecule has 3 aromatic rings. The molecule has 1 aliphatic rings. The fourth-order valence-electron chi connectivity index (χ4n) is 4.74. The van der Waals surface area contributed by atoms with E-state index in [1.54, 1.807) is 33.1 Å². The van der Waals surface area contributed by atoms with Crippen molar-refractivity contribution >= 4 is 34.8 Å². The first-order chi connectivity index (χ1) is 21.3. The van der Waals surface area contributed by atoms with Crippen molar-refractivity contribution in [1.29, 1.82) is 0 Å². The highest BCUT2D eigenvalue weighted by atomic mass is 32.2. The Labute approximate surface area is 270 Å². The van der Waals surface area contributed by atoms with Gasteiger partial charge in [-0.05, 0) is 59.9 Å². The molecular formula is C37H40N2O3S2. The van der Waals surface area contributed by atoms with Gasteiger partial charge in [0.05, 0.1) is 26.4 Å². The lowest BCUT2D eigenvalue weighted by atomic mass is 9.93. The first-order valence-corrected chi connectivity index (χ1v) is 16.1. The highest BCUT2D eigenvalue weighted by Gasteiger charge is 2.17. The number of rotatable bonds is 11. The van der Waals surface area contributed by atoms with Crippen molar-refractivity contribution < 1.29 is 14.2 Å². The molecule has 228 valence electrons. The SMILES string of the molecule is C=C(Nc1cc(OC)c(OC)c(OC)c1)S/C(C1=CCCC(c2cccc([C@@H](C)CC#Cc3ccccc3)c2)=CS1)=C(\C)N. The quantitative estimate of drug-likeness (QED) is 0.206. The van der Waals surface area contributed by atoms with Crippen LogP contribution in [0, 0.1) is 11.8 Å². The number of thioether (sulfide) groups is 2. The largest absolute Gasteiger partial charge is 0.493 e. The van der Waals surface area contributed by atoms with Crippen LogP contribution in [0.2, 0.25) is 0 Å². The summed E-state index contributed by atoms with van der Waals surface area (Å²) in [5.41, 5.74) is 12.9. The third kappa shape index (κ3) is 8.72. The minimum absolute atomic E-state index is 0.342. The van der Waals surface area contributed by atoms with Crippen LogP contribution in [0.3, 0.4) is 0 Å². The van der Waals surface area contributed by atoms with Gasteiger partial charge in [0.25, 0.3) is 0 Å². The lowest BCUT2D eigenvalue weighted by Crippen LogP contribution is -2.02. The molecule has 3 aromatic carbocycles. The van der Waals surface area contributed by atoms with Gasteiger partial charge in [-0.25, -0.2) is 0 Å². The number of benzene rings is 3. The van der Waals surface area contributed by atoms with Gasteiger partial charge in [0.1, 0.15) is 0 Å². The van der Waals surface area contributed by atoms with Crippen molar-refractivity contribution in [2.24, 2.45) is 5.73 Å². The maximum Gasteiger partial charge on any atom is 0.203 e. The van der Waals surface area contributed by atoms with Gasteiger partial charge in [-0.3, -0.25) is 0 Å². The van der Waals surface area contributed by atoms with Crippen LogP contribution in [-0.2, 0) is 0 Å². The van der Waals surface area contributed by atoms with E-state index >= 15 is 0 Å². The van der Waals surface area contributed by atoms with E-state index in [0.717, 1.165) is 51.0 Å². The van der Waals surface area contributed by atoms with Gasteiger partial charge < -0.3 is 25.3 Å². The van der Waals surface area contributed by atoms with E-state index in [1.165, 1.54) is 28.5 Å². The molecule has 0 aromatic heterocycles. The summed E-state index contributed by atoms with van der Waals surface area (Å²) < 4.78 is 16.4. The van der Waals surface area contributed by atoms with Gasteiger partial charge in [0.15, 0.2) is 11.5 Å². The molecule has 3 N–H and O–H groups in total. The highest BCUT2D eigenvalue weighted by molar-refractivity contribution is 8.11. The second kappa shape index (κ2) is 16.1. The van der Waals surface area contributed by atoms with Crippen molar-refractivity contribution in [3.8, 4) is 29.1 Å². The molecule has 5 nitrogen and oxygen atoms in total. The minimum Gasteiger partial charge on any atom is -0.493 e. The third-order valence-corrected chi connectivity index (χ3v) is 9.32. The van der Waals surface area contributed by atoms with E-state index < -0.39 is 0 Å². The Kier molecular flexibility index (Phi) is 12.0. The molecule has 0 unspecified atom stereocenters. The molecule has 4 rings (SSSR count). The summed E-state index contributed by atoms with van der Waals surface area (Å²) in [6, 6.07) is 22.7. The van der Waals surface area contributed by atoms with Gasteiger partial charge in [-0.1, -0.05) is 97.4 Å².